The van der Waals surface area contributed by atoms with E-state index in [4.69, 9.17) is 4.74 Å². The molecule has 146 valence electrons. The first-order valence-corrected chi connectivity index (χ1v) is 10.3. The van der Waals surface area contributed by atoms with Gasteiger partial charge in [0.1, 0.15) is 5.75 Å². The average Bonchev–Trinajstić information content (AvgIpc) is 2.62. The Morgan fingerprint density at radius 2 is 1.89 bits per heavy atom. The maximum Gasteiger partial charge on any atom is 0.261 e. The topological polar surface area (TPSA) is 84.5 Å². The van der Waals surface area contributed by atoms with Crippen molar-refractivity contribution in [2.24, 2.45) is 0 Å². The second kappa shape index (κ2) is 8.43. The molecule has 2 rings (SSSR count). The number of para-hydroxylation sites is 1. The second-order valence-corrected chi connectivity index (χ2v) is 8.25. The summed E-state index contributed by atoms with van der Waals surface area (Å²) in [5.74, 6) is 0.337. The molecule has 0 aliphatic heterocycles. The van der Waals surface area contributed by atoms with Crippen LogP contribution in [-0.4, -0.2) is 21.4 Å². The number of anilines is 2. The Morgan fingerprint density at radius 1 is 1.19 bits per heavy atom. The van der Waals surface area contributed by atoms with Crippen LogP contribution >= 0.6 is 0 Å². The number of hydrogen-bond donors (Lipinski definition) is 2. The molecule has 0 spiro atoms. The van der Waals surface area contributed by atoms with Crippen LogP contribution in [0.1, 0.15) is 44.2 Å². The maximum absolute atomic E-state index is 13.0. The lowest BCUT2D eigenvalue weighted by Gasteiger charge is -2.18. The van der Waals surface area contributed by atoms with Crippen LogP contribution in [0.25, 0.3) is 0 Å². The number of ether oxygens (including phenoxy) is 1. The molecule has 2 aromatic carbocycles. The predicted octanol–water partition coefficient (Wildman–Crippen LogP) is 4.28. The molecule has 0 saturated heterocycles. The predicted molar refractivity (Wildman–Crippen MR) is 108 cm³/mol. The number of carbonyl (C=O) groups excluding carboxylic acids is 1. The van der Waals surface area contributed by atoms with E-state index < -0.39 is 10.0 Å². The van der Waals surface area contributed by atoms with Crippen molar-refractivity contribution >= 4 is 27.3 Å². The second-order valence-electron chi connectivity index (χ2n) is 6.56. The van der Waals surface area contributed by atoms with Crippen molar-refractivity contribution in [1.82, 2.24) is 0 Å². The molecule has 0 bridgehead atoms. The summed E-state index contributed by atoms with van der Waals surface area (Å²) in [5.41, 5.74) is 2.67. The number of carbonyl (C=O) groups is 1. The largest absolute Gasteiger partial charge is 0.495 e. The molecule has 2 N–H and O–H groups in total. The number of hydrogen-bond acceptors (Lipinski definition) is 4. The number of sulfonamides is 1. The third kappa shape index (κ3) is 4.80. The molecule has 0 aliphatic carbocycles. The van der Waals surface area contributed by atoms with Crippen molar-refractivity contribution in [3.63, 3.8) is 0 Å². The van der Waals surface area contributed by atoms with E-state index in [1.807, 2.05) is 39.0 Å². The van der Waals surface area contributed by atoms with E-state index in [2.05, 4.69) is 10.0 Å². The van der Waals surface area contributed by atoms with Crippen LogP contribution < -0.4 is 14.8 Å². The maximum atomic E-state index is 13.0. The van der Waals surface area contributed by atoms with Crippen LogP contribution in [0.4, 0.5) is 11.4 Å². The van der Waals surface area contributed by atoms with Gasteiger partial charge in [-0.25, -0.2) is 8.42 Å². The van der Waals surface area contributed by atoms with Crippen molar-refractivity contribution in [2.75, 3.05) is 17.1 Å². The Hall–Kier alpha value is -2.54. The van der Waals surface area contributed by atoms with Crippen molar-refractivity contribution in [3.05, 3.63) is 47.5 Å². The summed E-state index contributed by atoms with van der Waals surface area (Å²) >= 11 is 0. The normalized spacial score (nSPS) is 11.3. The van der Waals surface area contributed by atoms with Gasteiger partial charge in [0.2, 0.25) is 5.91 Å². The molecule has 0 fully saturated rings. The molecule has 0 aliphatic rings. The third-order valence-corrected chi connectivity index (χ3v) is 5.59. The minimum atomic E-state index is -3.84. The lowest BCUT2D eigenvalue weighted by Crippen LogP contribution is -2.17. The Balaban J connectivity index is 2.46. The molecule has 0 saturated carbocycles. The highest BCUT2D eigenvalue weighted by atomic mass is 32.2. The van der Waals surface area contributed by atoms with E-state index >= 15 is 0 Å². The number of amides is 1. The minimum absolute atomic E-state index is 0.0488. The van der Waals surface area contributed by atoms with Gasteiger partial charge in [-0.15, -0.1) is 0 Å². The number of nitrogens with one attached hydrogen (secondary N) is 2. The number of methoxy groups -OCH3 is 1. The van der Waals surface area contributed by atoms with Gasteiger partial charge in [-0.05, 0) is 42.2 Å². The lowest BCUT2D eigenvalue weighted by atomic mass is 9.99. The van der Waals surface area contributed by atoms with E-state index in [1.54, 1.807) is 6.92 Å². The monoisotopic (exact) mass is 390 g/mol. The molecule has 1 amide bonds. The molecular weight excluding hydrogens is 364 g/mol. The molecule has 2 aromatic rings. The highest BCUT2D eigenvalue weighted by Crippen LogP contribution is 2.32. The average molecular weight is 391 g/mol. The molecule has 0 heterocycles. The van der Waals surface area contributed by atoms with E-state index in [9.17, 15) is 13.2 Å². The number of benzene rings is 2. The molecule has 0 atom stereocenters. The van der Waals surface area contributed by atoms with E-state index in [0.29, 0.717) is 17.1 Å². The van der Waals surface area contributed by atoms with E-state index in [0.717, 1.165) is 11.1 Å². The van der Waals surface area contributed by atoms with Crippen LogP contribution in [0.2, 0.25) is 0 Å². The van der Waals surface area contributed by atoms with Crippen molar-refractivity contribution in [3.8, 4) is 5.75 Å². The van der Waals surface area contributed by atoms with E-state index in [-0.39, 0.29) is 23.1 Å². The fourth-order valence-corrected chi connectivity index (χ4v) is 3.88. The zero-order valence-electron chi connectivity index (χ0n) is 16.3. The summed E-state index contributed by atoms with van der Waals surface area (Å²) in [6.07, 6.45) is 0.277. The number of aryl methyl sites for hydroxylation is 1. The quantitative estimate of drug-likeness (QED) is 0.739. The van der Waals surface area contributed by atoms with Gasteiger partial charge in [0, 0.05) is 6.42 Å². The lowest BCUT2D eigenvalue weighted by molar-refractivity contribution is -0.115. The SMILES string of the molecule is CCC(=O)Nc1cc(S(=O)(=O)Nc2c(C)cccc2C(C)C)ccc1OC. The van der Waals surface area contributed by atoms with E-state index in [1.165, 1.54) is 25.3 Å². The van der Waals surface area contributed by atoms with Crippen LogP contribution in [0.3, 0.4) is 0 Å². The fraction of sp³-hybridized carbons (Fsp3) is 0.350. The Labute approximate surface area is 161 Å². The Kier molecular flexibility index (Phi) is 6.49. The molecule has 6 nitrogen and oxygen atoms in total. The van der Waals surface area contributed by atoms with Gasteiger partial charge in [0.25, 0.3) is 10.0 Å². The smallest absolute Gasteiger partial charge is 0.261 e. The van der Waals surface area contributed by atoms with Gasteiger partial charge in [-0.3, -0.25) is 9.52 Å². The van der Waals surface area contributed by atoms with Crippen LogP contribution in [0, 0.1) is 6.92 Å². The molecule has 0 aromatic heterocycles. The van der Waals surface area contributed by atoms with Crippen molar-refractivity contribution in [2.45, 2.75) is 44.9 Å². The van der Waals surface area contributed by atoms with Gasteiger partial charge in [0.05, 0.1) is 23.4 Å². The molecular formula is C20H26N2O4S. The fourth-order valence-electron chi connectivity index (χ4n) is 2.69. The standard InChI is InChI=1S/C20H26N2O4S/c1-6-19(23)21-17-12-15(10-11-18(17)26-5)27(24,25)22-20-14(4)8-7-9-16(20)13(2)3/h7-13,22H,6H2,1-5H3,(H,21,23). The van der Waals surface area contributed by atoms with Gasteiger partial charge in [0.15, 0.2) is 0 Å². The summed E-state index contributed by atoms with van der Waals surface area (Å²) in [6.45, 7) is 7.61. The first kappa shape index (κ1) is 20.8. The molecule has 0 unspecified atom stereocenters. The summed E-state index contributed by atoms with van der Waals surface area (Å²) in [5, 5.41) is 2.67. The first-order valence-electron chi connectivity index (χ1n) is 8.79. The molecule has 0 radical (unpaired) electrons. The summed E-state index contributed by atoms with van der Waals surface area (Å²) in [7, 11) is -2.37. The zero-order chi connectivity index (χ0) is 20.2. The van der Waals surface area contributed by atoms with Crippen LogP contribution in [-0.2, 0) is 14.8 Å². The zero-order valence-corrected chi connectivity index (χ0v) is 17.1. The highest BCUT2D eigenvalue weighted by Gasteiger charge is 2.20. The molecule has 7 heteroatoms. The molecule has 27 heavy (non-hydrogen) atoms. The third-order valence-electron chi connectivity index (χ3n) is 4.24. The summed E-state index contributed by atoms with van der Waals surface area (Å²) in [6, 6.07) is 10.1. The van der Waals surface area contributed by atoms with Gasteiger partial charge >= 0.3 is 0 Å². The highest BCUT2D eigenvalue weighted by molar-refractivity contribution is 7.92. The van der Waals surface area contributed by atoms with Gasteiger partial charge < -0.3 is 10.1 Å². The van der Waals surface area contributed by atoms with Gasteiger partial charge in [-0.1, -0.05) is 39.0 Å². The van der Waals surface area contributed by atoms with Gasteiger partial charge in [-0.2, -0.15) is 0 Å². The van der Waals surface area contributed by atoms with Crippen molar-refractivity contribution < 1.29 is 17.9 Å². The van der Waals surface area contributed by atoms with Crippen molar-refractivity contribution in [1.29, 1.82) is 0 Å². The van der Waals surface area contributed by atoms with Crippen LogP contribution in [0.5, 0.6) is 5.75 Å². The Bertz CT molecular complexity index is 937. The Morgan fingerprint density at radius 3 is 2.48 bits per heavy atom. The summed E-state index contributed by atoms with van der Waals surface area (Å²) in [4.78, 5) is 11.8. The summed E-state index contributed by atoms with van der Waals surface area (Å²) < 4.78 is 33.9. The first-order chi connectivity index (χ1) is 12.7. The van der Waals surface area contributed by atoms with Crippen LogP contribution in [0.15, 0.2) is 41.3 Å². The minimum Gasteiger partial charge on any atom is -0.495 e. The number of rotatable bonds is 7.